The van der Waals surface area contributed by atoms with E-state index in [0.29, 0.717) is 0 Å². The van der Waals surface area contributed by atoms with Gasteiger partial charge in [-0.05, 0) is 29.8 Å². The average Bonchev–Trinajstić information content (AvgIpc) is 3.18. The summed E-state index contributed by atoms with van der Waals surface area (Å²) in [4.78, 5) is 6.69. The Morgan fingerprint density at radius 1 is 1.18 bits per heavy atom. The maximum absolute atomic E-state index is 5.37. The highest BCUT2D eigenvalue weighted by molar-refractivity contribution is 7.13. The highest BCUT2D eigenvalue weighted by atomic mass is 32.1. The van der Waals surface area contributed by atoms with E-state index in [9.17, 15) is 0 Å². The molecule has 1 aromatic carbocycles. The van der Waals surface area contributed by atoms with Crippen molar-refractivity contribution in [2.45, 2.75) is 13.1 Å². The monoisotopic (exact) mass is 313 g/mol. The Hall–Kier alpha value is -2.11. The Bertz CT molecular complexity index is 719. The van der Waals surface area contributed by atoms with Gasteiger partial charge >= 0.3 is 0 Å². The van der Waals surface area contributed by atoms with Gasteiger partial charge in [0.15, 0.2) is 10.8 Å². The van der Waals surface area contributed by atoms with E-state index in [2.05, 4.69) is 58.9 Å². The van der Waals surface area contributed by atoms with Gasteiger partial charge in [-0.2, -0.15) is 0 Å². The molecule has 4 nitrogen and oxygen atoms in total. The first-order valence-electron chi connectivity index (χ1n) is 7.17. The molecule has 0 unspecified atom stereocenters. The molecule has 0 aliphatic heterocycles. The van der Waals surface area contributed by atoms with Gasteiger partial charge in [0, 0.05) is 38.3 Å². The molecule has 3 aromatic rings. The van der Waals surface area contributed by atoms with Gasteiger partial charge in [0.2, 0.25) is 0 Å². The van der Waals surface area contributed by atoms with Crippen LogP contribution in [0.1, 0.15) is 11.3 Å². The summed E-state index contributed by atoms with van der Waals surface area (Å²) in [6.45, 7) is 1.58. The summed E-state index contributed by atoms with van der Waals surface area (Å²) in [7, 11) is 4.11. The van der Waals surface area contributed by atoms with Crippen molar-refractivity contribution in [3.05, 3.63) is 59.3 Å². The summed E-state index contributed by atoms with van der Waals surface area (Å²) in [6, 6.07) is 12.3. The first-order valence-corrected chi connectivity index (χ1v) is 8.05. The van der Waals surface area contributed by atoms with Gasteiger partial charge in [0.05, 0.1) is 12.0 Å². The first-order chi connectivity index (χ1) is 10.7. The van der Waals surface area contributed by atoms with Crippen LogP contribution in [0.15, 0.2) is 52.5 Å². The maximum Gasteiger partial charge on any atom is 0.162 e. The molecule has 1 N–H and O–H groups in total. The molecule has 114 valence electrons. The second-order valence-electron chi connectivity index (χ2n) is 5.29. The molecule has 0 aliphatic carbocycles. The van der Waals surface area contributed by atoms with Crippen molar-refractivity contribution in [3.8, 4) is 10.8 Å². The lowest BCUT2D eigenvalue weighted by atomic mass is 10.2. The van der Waals surface area contributed by atoms with Crippen LogP contribution in [0.4, 0.5) is 5.69 Å². The van der Waals surface area contributed by atoms with Crippen molar-refractivity contribution in [3.63, 3.8) is 0 Å². The van der Waals surface area contributed by atoms with E-state index in [1.54, 1.807) is 17.6 Å². The lowest BCUT2D eigenvalue weighted by Crippen LogP contribution is -2.14. The molecule has 0 radical (unpaired) electrons. The van der Waals surface area contributed by atoms with Crippen LogP contribution >= 0.6 is 11.3 Å². The zero-order valence-electron chi connectivity index (χ0n) is 12.7. The minimum Gasteiger partial charge on any atom is -0.462 e. The van der Waals surface area contributed by atoms with Gasteiger partial charge in [-0.3, -0.25) is 0 Å². The number of benzene rings is 1. The summed E-state index contributed by atoms with van der Waals surface area (Å²) >= 11 is 1.61. The third-order valence-corrected chi connectivity index (χ3v) is 4.25. The van der Waals surface area contributed by atoms with Crippen molar-refractivity contribution in [2.75, 3.05) is 19.0 Å². The van der Waals surface area contributed by atoms with Gasteiger partial charge in [-0.15, -0.1) is 11.3 Å². The lowest BCUT2D eigenvalue weighted by molar-refractivity contribution is 0.581. The van der Waals surface area contributed by atoms with Gasteiger partial charge in [-0.25, -0.2) is 4.98 Å². The minimum absolute atomic E-state index is 0.753. The molecule has 22 heavy (non-hydrogen) atoms. The van der Waals surface area contributed by atoms with E-state index in [-0.39, 0.29) is 0 Å². The van der Waals surface area contributed by atoms with Crippen molar-refractivity contribution in [2.24, 2.45) is 0 Å². The van der Waals surface area contributed by atoms with Gasteiger partial charge in [-0.1, -0.05) is 12.1 Å². The van der Waals surface area contributed by atoms with E-state index in [1.807, 2.05) is 12.1 Å². The molecular weight excluding hydrogens is 294 g/mol. The summed E-state index contributed by atoms with van der Waals surface area (Å²) in [5.74, 6) is 0.829. The van der Waals surface area contributed by atoms with Crippen LogP contribution in [-0.2, 0) is 13.1 Å². The highest BCUT2D eigenvalue weighted by Gasteiger charge is 2.06. The van der Waals surface area contributed by atoms with Crippen molar-refractivity contribution >= 4 is 17.0 Å². The fourth-order valence-electron chi connectivity index (χ4n) is 2.18. The van der Waals surface area contributed by atoms with E-state index < -0.39 is 0 Å². The number of nitrogens with zero attached hydrogens (tertiary/aromatic N) is 2. The molecule has 2 aromatic heterocycles. The Balaban J connectivity index is 1.56. The topological polar surface area (TPSA) is 41.3 Å². The van der Waals surface area contributed by atoms with Crippen LogP contribution in [0.25, 0.3) is 10.8 Å². The SMILES string of the molecule is CN(C)c1cccc(CNCc2csc(-c3ccco3)n2)c1. The van der Waals surface area contributed by atoms with Crippen molar-refractivity contribution < 1.29 is 4.42 Å². The minimum atomic E-state index is 0.753. The zero-order chi connectivity index (χ0) is 15.4. The fourth-order valence-corrected chi connectivity index (χ4v) is 2.97. The summed E-state index contributed by atoms with van der Waals surface area (Å²) in [6.07, 6.45) is 1.67. The standard InChI is InChI=1S/C17H19N3OS/c1-20(2)15-6-3-5-13(9-15)10-18-11-14-12-22-17(19-14)16-7-4-8-21-16/h3-9,12,18H,10-11H2,1-2H3. The molecular formula is C17H19N3OS. The molecule has 3 rings (SSSR count). The van der Waals surface area contributed by atoms with Crippen LogP contribution < -0.4 is 10.2 Å². The molecule has 0 bridgehead atoms. The Labute approximate surface area is 134 Å². The summed E-state index contributed by atoms with van der Waals surface area (Å²) < 4.78 is 5.37. The highest BCUT2D eigenvalue weighted by Crippen LogP contribution is 2.23. The van der Waals surface area contributed by atoms with Crippen molar-refractivity contribution in [1.82, 2.24) is 10.3 Å². The molecule has 0 amide bonds. The van der Waals surface area contributed by atoms with Crippen LogP contribution in [0.3, 0.4) is 0 Å². The number of thiazole rings is 1. The molecule has 0 atom stereocenters. The molecule has 0 saturated heterocycles. The Morgan fingerprint density at radius 3 is 2.86 bits per heavy atom. The van der Waals surface area contributed by atoms with E-state index >= 15 is 0 Å². The van der Waals surface area contributed by atoms with Crippen LogP contribution in [0.2, 0.25) is 0 Å². The fraction of sp³-hybridized carbons (Fsp3) is 0.235. The molecule has 0 saturated carbocycles. The second kappa shape index (κ2) is 6.77. The quantitative estimate of drug-likeness (QED) is 0.752. The number of furan rings is 1. The number of aromatic nitrogens is 1. The largest absolute Gasteiger partial charge is 0.462 e. The van der Waals surface area contributed by atoms with Gasteiger partial charge in [0.25, 0.3) is 0 Å². The number of nitrogens with one attached hydrogen (secondary N) is 1. The van der Waals surface area contributed by atoms with E-state index in [1.165, 1.54) is 11.3 Å². The lowest BCUT2D eigenvalue weighted by Gasteiger charge is -2.13. The van der Waals surface area contributed by atoms with E-state index in [4.69, 9.17) is 4.42 Å². The molecule has 2 heterocycles. The molecule has 5 heteroatoms. The average molecular weight is 313 g/mol. The number of hydrogen-bond acceptors (Lipinski definition) is 5. The number of anilines is 1. The third kappa shape index (κ3) is 3.55. The Morgan fingerprint density at radius 2 is 2.09 bits per heavy atom. The van der Waals surface area contributed by atoms with Crippen LogP contribution in [0, 0.1) is 0 Å². The normalized spacial score (nSPS) is 10.8. The smallest absolute Gasteiger partial charge is 0.162 e. The zero-order valence-corrected chi connectivity index (χ0v) is 13.6. The second-order valence-corrected chi connectivity index (χ2v) is 6.15. The summed E-state index contributed by atoms with van der Waals surface area (Å²) in [5.41, 5.74) is 3.53. The van der Waals surface area contributed by atoms with Gasteiger partial charge < -0.3 is 14.6 Å². The number of hydrogen-bond donors (Lipinski definition) is 1. The number of rotatable bonds is 6. The molecule has 0 aliphatic rings. The summed E-state index contributed by atoms with van der Waals surface area (Å²) in [5, 5.41) is 6.44. The maximum atomic E-state index is 5.37. The van der Waals surface area contributed by atoms with Crippen molar-refractivity contribution in [1.29, 1.82) is 0 Å². The predicted octanol–water partition coefficient (Wildman–Crippen LogP) is 3.76. The molecule has 0 spiro atoms. The first kappa shape index (κ1) is 14.8. The molecule has 0 fully saturated rings. The van der Waals surface area contributed by atoms with Crippen LogP contribution in [-0.4, -0.2) is 19.1 Å². The predicted molar refractivity (Wildman–Crippen MR) is 91.1 cm³/mol. The third-order valence-electron chi connectivity index (χ3n) is 3.35. The van der Waals surface area contributed by atoms with Crippen LogP contribution in [0.5, 0.6) is 0 Å². The van der Waals surface area contributed by atoms with E-state index in [0.717, 1.165) is 29.6 Å². The Kier molecular flexibility index (Phi) is 4.56. The van der Waals surface area contributed by atoms with Gasteiger partial charge in [0.1, 0.15) is 0 Å².